The van der Waals surface area contributed by atoms with E-state index in [4.69, 9.17) is 10.5 Å². The third kappa shape index (κ3) is 3.05. The Bertz CT molecular complexity index is 414. The molecule has 0 bridgehead atoms. The second-order valence-electron chi connectivity index (χ2n) is 3.55. The Kier molecular flexibility index (Phi) is 4.46. The second-order valence-corrected chi connectivity index (χ2v) is 4.46. The first-order chi connectivity index (χ1) is 7.65. The molecule has 16 heavy (non-hydrogen) atoms. The summed E-state index contributed by atoms with van der Waals surface area (Å²) in [5, 5.41) is 18.0. The maximum Gasteiger partial charge on any atom is 0.150 e. The summed E-state index contributed by atoms with van der Waals surface area (Å²) in [4.78, 5) is 0. The molecule has 2 nitrogen and oxygen atoms in total. The number of hydrogen-bond acceptors (Lipinski definition) is 2. The number of benzene rings is 1. The van der Waals surface area contributed by atoms with Crippen LogP contribution in [0.1, 0.15) is 12.0 Å². The topological polar surface area (TPSA) is 47.6 Å². The van der Waals surface area contributed by atoms with E-state index >= 15 is 0 Å². The van der Waals surface area contributed by atoms with Crippen molar-refractivity contribution in [2.24, 2.45) is 5.41 Å². The van der Waals surface area contributed by atoms with Gasteiger partial charge in [0.15, 0.2) is 0 Å². The predicted molar refractivity (Wildman–Crippen MR) is 62.1 cm³/mol. The van der Waals surface area contributed by atoms with E-state index in [0.29, 0.717) is 0 Å². The number of rotatable bonds is 4. The van der Waals surface area contributed by atoms with Crippen molar-refractivity contribution in [1.29, 1.82) is 10.5 Å². The maximum atomic E-state index is 12.3. The lowest BCUT2D eigenvalue weighted by atomic mass is 9.82. The normalized spacial score (nSPS) is 10.5. The first-order valence-electron chi connectivity index (χ1n) is 4.79. The lowest BCUT2D eigenvalue weighted by Gasteiger charge is -2.16. The molecule has 4 heteroatoms. The van der Waals surface area contributed by atoms with Crippen LogP contribution in [0, 0.1) is 28.1 Å². The van der Waals surface area contributed by atoms with E-state index in [1.807, 2.05) is 36.4 Å². The van der Waals surface area contributed by atoms with E-state index in [9.17, 15) is 4.39 Å². The lowest BCUT2D eigenvalue weighted by Crippen LogP contribution is -2.20. The molecule has 0 spiro atoms. The van der Waals surface area contributed by atoms with Crippen LogP contribution in [0.2, 0.25) is 0 Å². The number of alkyl halides is 1. The van der Waals surface area contributed by atoms with E-state index in [1.165, 1.54) is 0 Å². The molecule has 0 fully saturated rings. The number of nitrogens with zero attached hydrogens (tertiary/aromatic N) is 2. The van der Waals surface area contributed by atoms with Crippen LogP contribution in [-0.4, -0.2) is 6.67 Å². The second kappa shape index (κ2) is 5.63. The average molecular weight is 281 g/mol. The van der Waals surface area contributed by atoms with Crippen molar-refractivity contribution in [2.45, 2.75) is 12.8 Å². The van der Waals surface area contributed by atoms with Crippen molar-refractivity contribution in [2.75, 3.05) is 6.67 Å². The smallest absolute Gasteiger partial charge is 0.150 e. The molecular formula is C12H10BrFN2. The standard InChI is InChI=1S/C12H10BrFN2/c13-11-3-1-10(2-4-11)7-12(8-15,9-16)5-6-14/h1-4H,5-7H2. The molecule has 0 unspecified atom stereocenters. The highest BCUT2D eigenvalue weighted by molar-refractivity contribution is 9.10. The highest BCUT2D eigenvalue weighted by Gasteiger charge is 2.30. The summed E-state index contributed by atoms with van der Waals surface area (Å²) in [6, 6.07) is 11.2. The third-order valence-corrected chi connectivity index (χ3v) is 2.90. The molecule has 0 saturated carbocycles. The minimum Gasteiger partial charge on any atom is -0.251 e. The monoisotopic (exact) mass is 280 g/mol. The molecule has 0 aliphatic heterocycles. The van der Waals surface area contributed by atoms with Crippen LogP contribution in [0.25, 0.3) is 0 Å². The van der Waals surface area contributed by atoms with Crippen LogP contribution >= 0.6 is 15.9 Å². The molecule has 0 N–H and O–H groups in total. The maximum absolute atomic E-state index is 12.3. The van der Waals surface area contributed by atoms with E-state index in [-0.39, 0.29) is 12.8 Å². The van der Waals surface area contributed by atoms with Gasteiger partial charge in [-0.1, -0.05) is 28.1 Å². The Labute approximate surface area is 102 Å². The lowest BCUT2D eigenvalue weighted by molar-refractivity contribution is 0.374. The molecule has 0 amide bonds. The quantitative estimate of drug-likeness (QED) is 0.849. The summed E-state index contributed by atoms with van der Waals surface area (Å²) in [6.07, 6.45) is 0.216. The predicted octanol–water partition coefficient (Wildman–Crippen LogP) is 3.38. The summed E-state index contributed by atoms with van der Waals surface area (Å²) in [7, 11) is 0. The average Bonchev–Trinajstić information content (AvgIpc) is 2.31. The Balaban J connectivity index is 2.89. The molecule has 1 rings (SSSR count). The largest absolute Gasteiger partial charge is 0.251 e. The van der Waals surface area contributed by atoms with Crippen molar-refractivity contribution in [1.82, 2.24) is 0 Å². The van der Waals surface area contributed by atoms with Gasteiger partial charge in [-0.2, -0.15) is 10.5 Å². The van der Waals surface area contributed by atoms with Crippen molar-refractivity contribution in [3.05, 3.63) is 34.3 Å². The van der Waals surface area contributed by atoms with Gasteiger partial charge in [-0.3, -0.25) is 4.39 Å². The molecule has 0 radical (unpaired) electrons. The molecule has 0 aliphatic carbocycles. The molecule has 0 saturated heterocycles. The summed E-state index contributed by atoms with van der Waals surface area (Å²) in [5.41, 5.74) is -0.387. The molecule has 0 aliphatic rings. The van der Waals surface area contributed by atoms with Gasteiger partial charge < -0.3 is 0 Å². The number of halogens is 2. The minimum absolute atomic E-state index is 0.0456. The minimum atomic E-state index is -1.25. The van der Waals surface area contributed by atoms with Crippen molar-refractivity contribution in [3.63, 3.8) is 0 Å². The third-order valence-electron chi connectivity index (χ3n) is 2.37. The first-order valence-corrected chi connectivity index (χ1v) is 5.58. The van der Waals surface area contributed by atoms with Gasteiger partial charge in [0, 0.05) is 17.3 Å². The van der Waals surface area contributed by atoms with Crippen molar-refractivity contribution < 1.29 is 4.39 Å². The summed E-state index contributed by atoms with van der Waals surface area (Å²) >= 11 is 3.30. The molecule has 0 atom stereocenters. The summed E-state index contributed by atoms with van der Waals surface area (Å²) in [6.45, 7) is -0.655. The zero-order valence-corrected chi connectivity index (χ0v) is 10.2. The SMILES string of the molecule is N#CC(C#N)(CCF)Cc1ccc(Br)cc1. The van der Waals surface area contributed by atoms with Crippen LogP contribution < -0.4 is 0 Å². The Morgan fingerprint density at radius 3 is 2.19 bits per heavy atom. The van der Waals surface area contributed by atoms with Gasteiger partial charge in [0.25, 0.3) is 0 Å². The van der Waals surface area contributed by atoms with Crippen molar-refractivity contribution in [3.8, 4) is 12.1 Å². The van der Waals surface area contributed by atoms with Gasteiger partial charge in [-0.05, 0) is 17.7 Å². The fraction of sp³-hybridized carbons (Fsp3) is 0.333. The van der Waals surface area contributed by atoms with E-state index < -0.39 is 12.1 Å². The van der Waals surface area contributed by atoms with Crippen LogP contribution in [0.5, 0.6) is 0 Å². The van der Waals surface area contributed by atoms with E-state index in [2.05, 4.69) is 15.9 Å². The zero-order chi connectivity index (χ0) is 12.0. The first kappa shape index (κ1) is 12.7. The molecule has 0 aromatic heterocycles. The summed E-state index contributed by atoms with van der Waals surface area (Å²) < 4.78 is 13.3. The van der Waals surface area contributed by atoms with Gasteiger partial charge in [-0.25, -0.2) is 0 Å². The Hall–Kier alpha value is -1.39. The number of nitriles is 2. The highest BCUT2D eigenvalue weighted by atomic mass is 79.9. The molecule has 1 aromatic rings. The Morgan fingerprint density at radius 1 is 1.19 bits per heavy atom. The van der Waals surface area contributed by atoms with Gasteiger partial charge in [0.05, 0.1) is 18.8 Å². The fourth-order valence-electron chi connectivity index (χ4n) is 1.42. The van der Waals surface area contributed by atoms with E-state index in [0.717, 1.165) is 10.0 Å². The van der Waals surface area contributed by atoms with Gasteiger partial charge in [0.1, 0.15) is 5.41 Å². The van der Waals surface area contributed by atoms with Gasteiger partial charge in [0.2, 0.25) is 0 Å². The van der Waals surface area contributed by atoms with Crippen LogP contribution in [0.3, 0.4) is 0 Å². The summed E-state index contributed by atoms with van der Waals surface area (Å²) in [5.74, 6) is 0. The highest BCUT2D eigenvalue weighted by Crippen LogP contribution is 2.26. The van der Waals surface area contributed by atoms with E-state index in [1.54, 1.807) is 0 Å². The van der Waals surface area contributed by atoms with Crippen LogP contribution in [0.15, 0.2) is 28.7 Å². The number of hydrogen-bond donors (Lipinski definition) is 0. The molecule has 0 heterocycles. The van der Waals surface area contributed by atoms with Gasteiger partial charge >= 0.3 is 0 Å². The fourth-order valence-corrected chi connectivity index (χ4v) is 1.68. The van der Waals surface area contributed by atoms with Crippen LogP contribution in [0.4, 0.5) is 4.39 Å². The molecule has 1 aromatic carbocycles. The van der Waals surface area contributed by atoms with Crippen molar-refractivity contribution >= 4 is 15.9 Å². The van der Waals surface area contributed by atoms with Crippen LogP contribution in [-0.2, 0) is 6.42 Å². The Morgan fingerprint density at radius 2 is 1.75 bits per heavy atom. The van der Waals surface area contributed by atoms with Gasteiger partial charge in [-0.15, -0.1) is 0 Å². The molecule has 82 valence electrons. The zero-order valence-electron chi connectivity index (χ0n) is 8.58. The molecular weight excluding hydrogens is 271 g/mol.